The lowest BCUT2D eigenvalue weighted by molar-refractivity contribution is -0.115. The first-order chi connectivity index (χ1) is 12.5. The van der Waals surface area contributed by atoms with E-state index in [4.69, 9.17) is 16.3 Å². The summed E-state index contributed by atoms with van der Waals surface area (Å²) in [5.74, 6) is 0.223. The van der Waals surface area contributed by atoms with Gasteiger partial charge < -0.3 is 20.4 Å². The zero-order valence-electron chi connectivity index (χ0n) is 14.4. The summed E-state index contributed by atoms with van der Waals surface area (Å²) in [7, 11) is 3.12. The Kier molecular flexibility index (Phi) is 5.14. The average Bonchev–Trinajstić information content (AvgIpc) is 3.04. The summed E-state index contributed by atoms with van der Waals surface area (Å²) in [5, 5.41) is 6.57. The second-order valence-corrected chi connectivity index (χ2v) is 6.13. The number of H-pyrrole nitrogens is 1. The highest BCUT2D eigenvalue weighted by atomic mass is 35.5. The van der Waals surface area contributed by atoms with Crippen LogP contribution in [0.3, 0.4) is 0 Å². The van der Waals surface area contributed by atoms with Gasteiger partial charge in [0.25, 0.3) is 5.91 Å². The second-order valence-electron chi connectivity index (χ2n) is 5.72. The highest BCUT2D eigenvalue weighted by molar-refractivity contribution is 6.34. The van der Waals surface area contributed by atoms with Crippen LogP contribution in [-0.4, -0.2) is 31.0 Å². The third-order valence-electron chi connectivity index (χ3n) is 4.05. The molecule has 0 spiro atoms. The molecule has 3 rings (SSSR count). The number of carbonyl (C=O) groups is 2. The smallest absolute Gasteiger partial charge is 0.252 e. The molecule has 0 radical (unpaired) electrons. The van der Waals surface area contributed by atoms with Crippen molar-refractivity contribution in [3.63, 3.8) is 0 Å². The van der Waals surface area contributed by atoms with Gasteiger partial charge in [-0.1, -0.05) is 11.6 Å². The van der Waals surface area contributed by atoms with Gasteiger partial charge in [0.15, 0.2) is 0 Å². The number of methoxy groups -OCH3 is 1. The molecule has 7 heteroatoms. The van der Waals surface area contributed by atoms with Gasteiger partial charge in [-0.05, 0) is 42.0 Å². The lowest BCUT2D eigenvalue weighted by Crippen LogP contribution is -2.19. The number of anilines is 1. The normalized spacial score (nSPS) is 10.6. The summed E-state index contributed by atoms with van der Waals surface area (Å²) >= 11 is 6.03. The van der Waals surface area contributed by atoms with Crippen LogP contribution in [0.25, 0.3) is 10.9 Å². The SMILES string of the molecule is CNC(=O)c1cc(NC(=O)Cc2c[nH]c3ccc(OC)cc23)ccc1Cl. The number of ether oxygens (including phenoxy) is 1. The van der Waals surface area contributed by atoms with Gasteiger partial charge >= 0.3 is 0 Å². The number of fused-ring (bicyclic) bond motifs is 1. The standard InChI is InChI=1S/C19H18ClN3O3/c1-21-19(25)15-8-12(3-5-16(15)20)23-18(24)7-11-10-22-17-6-4-13(26-2)9-14(11)17/h3-6,8-10,22H,7H2,1-2H3,(H,21,25)(H,23,24). The van der Waals surface area contributed by atoms with Crippen molar-refractivity contribution in [3.05, 3.63) is 58.7 Å². The van der Waals surface area contributed by atoms with Gasteiger partial charge in [-0.3, -0.25) is 9.59 Å². The highest BCUT2D eigenvalue weighted by Gasteiger charge is 2.13. The van der Waals surface area contributed by atoms with E-state index in [2.05, 4.69) is 15.6 Å². The molecule has 0 bridgehead atoms. The van der Waals surface area contributed by atoms with Crippen molar-refractivity contribution in [1.29, 1.82) is 0 Å². The number of aromatic nitrogens is 1. The Bertz CT molecular complexity index is 981. The molecule has 2 aromatic carbocycles. The fourth-order valence-electron chi connectivity index (χ4n) is 2.72. The maximum absolute atomic E-state index is 12.4. The lowest BCUT2D eigenvalue weighted by Gasteiger charge is -2.08. The van der Waals surface area contributed by atoms with E-state index in [-0.39, 0.29) is 18.2 Å². The summed E-state index contributed by atoms with van der Waals surface area (Å²) in [6.45, 7) is 0. The van der Waals surface area contributed by atoms with Gasteiger partial charge in [-0.25, -0.2) is 0 Å². The number of halogens is 1. The molecular weight excluding hydrogens is 354 g/mol. The number of amides is 2. The van der Waals surface area contributed by atoms with Gasteiger partial charge in [0.1, 0.15) is 5.75 Å². The third kappa shape index (κ3) is 3.65. The second kappa shape index (κ2) is 7.49. The molecule has 3 N–H and O–H groups in total. The van der Waals surface area contributed by atoms with Crippen LogP contribution in [0.2, 0.25) is 5.02 Å². The molecule has 0 atom stereocenters. The fraction of sp³-hybridized carbons (Fsp3) is 0.158. The number of nitrogens with one attached hydrogen (secondary N) is 3. The third-order valence-corrected chi connectivity index (χ3v) is 4.38. The minimum Gasteiger partial charge on any atom is -0.497 e. The zero-order chi connectivity index (χ0) is 18.7. The van der Waals surface area contributed by atoms with Crippen molar-refractivity contribution >= 4 is 40.0 Å². The predicted molar refractivity (Wildman–Crippen MR) is 102 cm³/mol. The summed E-state index contributed by atoms with van der Waals surface area (Å²) in [5.41, 5.74) is 2.61. The number of hydrogen-bond acceptors (Lipinski definition) is 3. The van der Waals surface area contributed by atoms with Crippen molar-refractivity contribution in [3.8, 4) is 5.75 Å². The topological polar surface area (TPSA) is 83.2 Å². The van der Waals surface area contributed by atoms with E-state index in [1.165, 1.54) is 7.05 Å². The molecule has 0 saturated heterocycles. The van der Waals surface area contributed by atoms with Crippen molar-refractivity contribution in [1.82, 2.24) is 10.3 Å². The van der Waals surface area contributed by atoms with Crippen LogP contribution in [0.15, 0.2) is 42.6 Å². The lowest BCUT2D eigenvalue weighted by atomic mass is 10.1. The summed E-state index contributed by atoms with van der Waals surface area (Å²) in [4.78, 5) is 27.4. The van der Waals surface area contributed by atoms with E-state index in [1.807, 2.05) is 24.4 Å². The number of carbonyl (C=O) groups excluding carboxylic acids is 2. The molecule has 2 amide bonds. The zero-order valence-corrected chi connectivity index (χ0v) is 15.1. The van der Waals surface area contributed by atoms with Crippen molar-refractivity contribution in [2.75, 3.05) is 19.5 Å². The van der Waals surface area contributed by atoms with Crippen molar-refractivity contribution < 1.29 is 14.3 Å². The van der Waals surface area contributed by atoms with Gasteiger partial charge in [0.2, 0.25) is 5.91 Å². The summed E-state index contributed by atoms with van der Waals surface area (Å²) < 4.78 is 5.24. The molecule has 6 nitrogen and oxygen atoms in total. The largest absolute Gasteiger partial charge is 0.497 e. The summed E-state index contributed by atoms with van der Waals surface area (Å²) in [6, 6.07) is 10.4. The van der Waals surface area contributed by atoms with Crippen LogP contribution >= 0.6 is 11.6 Å². The molecule has 0 aliphatic carbocycles. The molecule has 0 saturated carbocycles. The van der Waals surface area contributed by atoms with Crippen LogP contribution < -0.4 is 15.4 Å². The van der Waals surface area contributed by atoms with E-state index >= 15 is 0 Å². The predicted octanol–water partition coefficient (Wildman–Crippen LogP) is 3.37. The van der Waals surface area contributed by atoms with Gasteiger partial charge in [0, 0.05) is 29.8 Å². The molecule has 0 aliphatic rings. The molecule has 0 unspecified atom stereocenters. The van der Waals surface area contributed by atoms with Crippen LogP contribution in [0.5, 0.6) is 5.75 Å². The van der Waals surface area contributed by atoms with Gasteiger partial charge in [-0.15, -0.1) is 0 Å². The van der Waals surface area contributed by atoms with E-state index in [0.29, 0.717) is 16.3 Å². The van der Waals surface area contributed by atoms with E-state index in [1.54, 1.807) is 25.3 Å². The van der Waals surface area contributed by atoms with Crippen LogP contribution in [0, 0.1) is 0 Å². The van der Waals surface area contributed by atoms with Crippen LogP contribution in [0.1, 0.15) is 15.9 Å². The Morgan fingerprint density at radius 1 is 1.19 bits per heavy atom. The number of rotatable bonds is 5. The molecule has 3 aromatic rings. The van der Waals surface area contributed by atoms with E-state index in [0.717, 1.165) is 22.2 Å². The molecule has 134 valence electrons. The Morgan fingerprint density at radius 3 is 2.73 bits per heavy atom. The highest BCUT2D eigenvalue weighted by Crippen LogP contribution is 2.25. The quantitative estimate of drug-likeness (QED) is 0.643. The maximum Gasteiger partial charge on any atom is 0.252 e. The number of benzene rings is 2. The van der Waals surface area contributed by atoms with Crippen LogP contribution in [-0.2, 0) is 11.2 Å². The average molecular weight is 372 g/mol. The van der Waals surface area contributed by atoms with Crippen molar-refractivity contribution in [2.45, 2.75) is 6.42 Å². The minimum absolute atomic E-state index is 0.186. The van der Waals surface area contributed by atoms with Gasteiger partial charge in [-0.2, -0.15) is 0 Å². The van der Waals surface area contributed by atoms with E-state index < -0.39 is 0 Å². The Balaban J connectivity index is 1.78. The number of hydrogen-bond donors (Lipinski definition) is 3. The summed E-state index contributed by atoms with van der Waals surface area (Å²) in [6.07, 6.45) is 1.99. The molecule has 1 aromatic heterocycles. The molecule has 26 heavy (non-hydrogen) atoms. The molecule has 1 heterocycles. The van der Waals surface area contributed by atoms with Crippen LogP contribution in [0.4, 0.5) is 5.69 Å². The van der Waals surface area contributed by atoms with Crippen molar-refractivity contribution in [2.24, 2.45) is 0 Å². The maximum atomic E-state index is 12.4. The Morgan fingerprint density at radius 2 is 2.00 bits per heavy atom. The first-order valence-corrected chi connectivity index (χ1v) is 8.35. The number of aromatic amines is 1. The van der Waals surface area contributed by atoms with E-state index in [9.17, 15) is 9.59 Å². The van der Waals surface area contributed by atoms with Gasteiger partial charge in [0.05, 0.1) is 24.1 Å². The minimum atomic E-state index is -0.310. The first-order valence-electron chi connectivity index (χ1n) is 7.97. The fourth-order valence-corrected chi connectivity index (χ4v) is 2.92. The molecule has 0 fully saturated rings. The first kappa shape index (κ1) is 17.8. The molecular formula is C19H18ClN3O3. The monoisotopic (exact) mass is 371 g/mol. The Hall–Kier alpha value is -2.99. The molecule has 0 aliphatic heterocycles. The Labute approximate surface area is 155 Å².